The normalized spacial score (nSPS) is 13.1. The Morgan fingerprint density at radius 1 is 0.795 bits per heavy atom. The quantitative estimate of drug-likeness (QED) is 0.250. The van der Waals surface area contributed by atoms with E-state index in [-0.39, 0.29) is 38.4 Å². The molecule has 3 aromatic rings. The van der Waals surface area contributed by atoms with E-state index in [1.54, 1.807) is 20.8 Å². The van der Waals surface area contributed by atoms with Crippen molar-refractivity contribution < 1.29 is 28.6 Å². The van der Waals surface area contributed by atoms with Gasteiger partial charge in [-0.1, -0.05) is 78.9 Å². The van der Waals surface area contributed by atoms with E-state index in [1.165, 1.54) is 0 Å². The second kappa shape index (κ2) is 12.6. The lowest BCUT2D eigenvalue weighted by Crippen LogP contribution is -2.39. The zero-order valence-corrected chi connectivity index (χ0v) is 22.6. The van der Waals surface area contributed by atoms with E-state index in [9.17, 15) is 14.4 Å². The fraction of sp³-hybridized carbons (Fsp3) is 0.344. The van der Waals surface area contributed by atoms with Crippen molar-refractivity contribution in [1.82, 2.24) is 5.32 Å². The molecule has 0 spiro atoms. The van der Waals surface area contributed by atoms with Gasteiger partial charge in [0.25, 0.3) is 0 Å². The summed E-state index contributed by atoms with van der Waals surface area (Å²) in [5.41, 5.74) is 4.71. The molecule has 204 valence electrons. The Balaban J connectivity index is 1.35. The summed E-state index contributed by atoms with van der Waals surface area (Å²) in [5, 5.41) is 2.76. The van der Waals surface area contributed by atoms with Gasteiger partial charge in [0, 0.05) is 18.4 Å². The number of hydrogen-bond donors (Lipinski definition) is 1. The van der Waals surface area contributed by atoms with Crippen LogP contribution in [0.5, 0.6) is 0 Å². The van der Waals surface area contributed by atoms with Gasteiger partial charge in [0.05, 0.1) is 6.42 Å². The van der Waals surface area contributed by atoms with Gasteiger partial charge >= 0.3 is 18.0 Å². The minimum absolute atomic E-state index is 0.0317. The van der Waals surface area contributed by atoms with Crippen molar-refractivity contribution in [3.63, 3.8) is 0 Å². The summed E-state index contributed by atoms with van der Waals surface area (Å²) in [4.78, 5) is 37.7. The van der Waals surface area contributed by atoms with E-state index in [0.717, 1.165) is 27.8 Å². The second-order valence-electron chi connectivity index (χ2n) is 10.6. The third kappa shape index (κ3) is 7.93. The highest BCUT2D eigenvalue weighted by Gasteiger charge is 2.30. The number of fused-ring (bicyclic) bond motifs is 3. The van der Waals surface area contributed by atoms with Gasteiger partial charge < -0.3 is 19.5 Å². The molecule has 3 aromatic carbocycles. The molecule has 1 atom stereocenters. The number of nitrogens with one attached hydrogen (secondary N) is 1. The SMILES string of the molecule is CC(C)(C)OC(=O)C[C@H](CCC(=O)OCc1ccccc1)NC(=O)OCC1c2ccccc2-c2ccccc21. The van der Waals surface area contributed by atoms with E-state index in [0.29, 0.717) is 0 Å². The fourth-order valence-electron chi connectivity index (χ4n) is 4.72. The van der Waals surface area contributed by atoms with Crippen molar-refractivity contribution in [2.75, 3.05) is 6.61 Å². The van der Waals surface area contributed by atoms with Crippen molar-refractivity contribution in [1.29, 1.82) is 0 Å². The van der Waals surface area contributed by atoms with Crippen LogP contribution in [-0.2, 0) is 30.4 Å². The van der Waals surface area contributed by atoms with Crippen LogP contribution in [-0.4, -0.2) is 36.3 Å². The smallest absolute Gasteiger partial charge is 0.407 e. The highest BCUT2D eigenvalue weighted by molar-refractivity contribution is 5.79. The zero-order valence-electron chi connectivity index (χ0n) is 22.6. The zero-order chi connectivity index (χ0) is 27.8. The summed E-state index contributed by atoms with van der Waals surface area (Å²) in [6, 6.07) is 24.9. The average Bonchev–Trinajstić information content (AvgIpc) is 3.22. The Morgan fingerprint density at radius 2 is 1.38 bits per heavy atom. The van der Waals surface area contributed by atoms with Crippen molar-refractivity contribution in [2.24, 2.45) is 0 Å². The first-order chi connectivity index (χ1) is 18.7. The van der Waals surface area contributed by atoms with Crippen LogP contribution >= 0.6 is 0 Å². The molecule has 0 fully saturated rings. The summed E-state index contributed by atoms with van der Waals surface area (Å²) in [6.07, 6.45) is -0.503. The molecular formula is C32H35NO6. The highest BCUT2D eigenvalue weighted by Crippen LogP contribution is 2.44. The number of carbonyl (C=O) groups excluding carboxylic acids is 3. The molecule has 0 saturated carbocycles. The highest BCUT2D eigenvalue weighted by atomic mass is 16.6. The predicted octanol–water partition coefficient (Wildman–Crippen LogP) is 6.15. The van der Waals surface area contributed by atoms with E-state index in [1.807, 2.05) is 66.7 Å². The van der Waals surface area contributed by atoms with Gasteiger partial charge in [-0.15, -0.1) is 0 Å². The molecule has 0 unspecified atom stereocenters. The van der Waals surface area contributed by atoms with Gasteiger partial charge in [-0.2, -0.15) is 0 Å². The molecule has 1 N–H and O–H groups in total. The third-order valence-corrected chi connectivity index (χ3v) is 6.44. The van der Waals surface area contributed by atoms with Crippen molar-refractivity contribution in [3.8, 4) is 11.1 Å². The first kappa shape index (κ1) is 27.9. The molecule has 0 aliphatic heterocycles. The molecule has 1 aliphatic rings. The second-order valence-corrected chi connectivity index (χ2v) is 10.6. The van der Waals surface area contributed by atoms with Gasteiger partial charge in [-0.25, -0.2) is 4.79 Å². The molecule has 4 rings (SSSR count). The summed E-state index contributed by atoms with van der Waals surface area (Å²) < 4.78 is 16.4. The number of rotatable bonds is 10. The van der Waals surface area contributed by atoms with Crippen LogP contribution in [0.15, 0.2) is 78.9 Å². The molecule has 7 heteroatoms. The van der Waals surface area contributed by atoms with Gasteiger partial charge in [0.1, 0.15) is 18.8 Å². The molecule has 1 aliphatic carbocycles. The van der Waals surface area contributed by atoms with E-state index in [2.05, 4.69) is 17.4 Å². The van der Waals surface area contributed by atoms with Crippen LogP contribution in [0.3, 0.4) is 0 Å². The molecule has 39 heavy (non-hydrogen) atoms. The molecule has 0 radical (unpaired) electrons. The van der Waals surface area contributed by atoms with Gasteiger partial charge in [-0.05, 0) is 55.0 Å². The molecule has 0 aromatic heterocycles. The molecule has 1 amide bonds. The maximum atomic E-state index is 12.9. The number of benzene rings is 3. The number of hydrogen-bond acceptors (Lipinski definition) is 6. The molecule has 0 bridgehead atoms. The lowest BCUT2D eigenvalue weighted by molar-refractivity contribution is -0.156. The summed E-state index contributed by atoms with van der Waals surface area (Å²) in [5.74, 6) is -0.966. The van der Waals surface area contributed by atoms with Crippen molar-refractivity contribution >= 4 is 18.0 Å². The predicted molar refractivity (Wildman–Crippen MR) is 148 cm³/mol. The van der Waals surface area contributed by atoms with Crippen LogP contribution in [0.1, 0.15) is 62.6 Å². The number of esters is 2. The van der Waals surface area contributed by atoms with Crippen LogP contribution in [0.4, 0.5) is 4.79 Å². The number of alkyl carbamates (subject to hydrolysis) is 1. The minimum Gasteiger partial charge on any atom is -0.461 e. The standard InChI is InChI=1S/C32H35NO6/c1-32(2,3)39-30(35)19-23(17-18-29(34)37-20-22-11-5-4-6-12-22)33-31(36)38-21-28-26-15-9-7-13-24(26)25-14-8-10-16-27(25)28/h4-16,23,28H,17-21H2,1-3H3,(H,33,36)/t23-/m0/s1. The van der Waals surface area contributed by atoms with Crippen LogP contribution < -0.4 is 5.32 Å². The first-order valence-corrected chi connectivity index (χ1v) is 13.2. The third-order valence-electron chi connectivity index (χ3n) is 6.44. The molecular weight excluding hydrogens is 494 g/mol. The topological polar surface area (TPSA) is 90.9 Å². The lowest BCUT2D eigenvalue weighted by Gasteiger charge is -2.23. The Labute approximate surface area is 229 Å². The summed E-state index contributed by atoms with van der Waals surface area (Å²) in [7, 11) is 0. The van der Waals surface area contributed by atoms with Crippen molar-refractivity contribution in [3.05, 3.63) is 95.6 Å². The van der Waals surface area contributed by atoms with Gasteiger partial charge in [-0.3, -0.25) is 9.59 Å². The van der Waals surface area contributed by atoms with E-state index in [4.69, 9.17) is 14.2 Å². The van der Waals surface area contributed by atoms with Crippen molar-refractivity contribution in [2.45, 2.75) is 64.2 Å². The Morgan fingerprint density at radius 3 is 2.00 bits per heavy atom. The monoisotopic (exact) mass is 529 g/mol. The maximum absolute atomic E-state index is 12.9. The largest absolute Gasteiger partial charge is 0.461 e. The molecule has 0 saturated heterocycles. The lowest BCUT2D eigenvalue weighted by atomic mass is 9.98. The summed E-state index contributed by atoms with van der Waals surface area (Å²) in [6.45, 7) is 5.65. The molecule has 7 nitrogen and oxygen atoms in total. The fourth-order valence-corrected chi connectivity index (χ4v) is 4.72. The average molecular weight is 530 g/mol. The summed E-state index contributed by atoms with van der Waals surface area (Å²) >= 11 is 0. The number of carbonyl (C=O) groups is 3. The van der Waals surface area contributed by atoms with Crippen LogP contribution in [0.2, 0.25) is 0 Å². The van der Waals surface area contributed by atoms with Gasteiger partial charge in [0.2, 0.25) is 0 Å². The Kier molecular flexibility index (Phi) is 9.02. The van der Waals surface area contributed by atoms with Gasteiger partial charge in [0.15, 0.2) is 0 Å². The number of amides is 1. The first-order valence-electron chi connectivity index (χ1n) is 13.2. The Bertz CT molecular complexity index is 1250. The van der Waals surface area contributed by atoms with E-state index < -0.39 is 29.7 Å². The maximum Gasteiger partial charge on any atom is 0.407 e. The van der Waals surface area contributed by atoms with Crippen LogP contribution in [0, 0.1) is 0 Å². The Hall–Kier alpha value is -4.13. The van der Waals surface area contributed by atoms with Crippen LogP contribution in [0.25, 0.3) is 11.1 Å². The van der Waals surface area contributed by atoms with E-state index >= 15 is 0 Å². The molecule has 0 heterocycles. The number of ether oxygens (including phenoxy) is 3. The minimum atomic E-state index is -0.667.